The van der Waals surface area contributed by atoms with Gasteiger partial charge >= 0.3 is 0 Å². The van der Waals surface area contributed by atoms with Gasteiger partial charge in [-0.2, -0.15) is 0 Å². The van der Waals surface area contributed by atoms with Gasteiger partial charge in [0.1, 0.15) is 17.3 Å². The molecule has 30 heavy (non-hydrogen) atoms. The molecular weight excluding hydrogens is 410 g/mol. The predicted octanol–water partition coefficient (Wildman–Crippen LogP) is 4.53. The molecule has 3 aromatic carbocycles. The molecule has 0 saturated carbocycles. The molecule has 1 heterocycles. The number of primary sulfonamides is 1. The van der Waals surface area contributed by atoms with Crippen molar-refractivity contribution in [3.63, 3.8) is 0 Å². The Hall–Kier alpha value is -3.36. The minimum Gasteiger partial charge on any atom is -0.440 e. The van der Waals surface area contributed by atoms with Gasteiger partial charge < -0.3 is 4.42 Å². The van der Waals surface area contributed by atoms with E-state index >= 15 is 0 Å². The van der Waals surface area contributed by atoms with Crippen LogP contribution in [0.2, 0.25) is 0 Å². The number of nitrogens with two attached hydrogens (primary N) is 1. The van der Waals surface area contributed by atoms with Crippen molar-refractivity contribution >= 4 is 10.0 Å². The first-order chi connectivity index (χ1) is 14.3. The van der Waals surface area contributed by atoms with Crippen LogP contribution in [-0.2, 0) is 16.4 Å². The van der Waals surface area contributed by atoms with Gasteiger partial charge in [-0.3, -0.25) is 0 Å². The van der Waals surface area contributed by atoms with E-state index in [0.29, 0.717) is 17.9 Å². The van der Waals surface area contributed by atoms with Crippen LogP contribution in [0.25, 0.3) is 22.6 Å². The number of nitrogens with zero attached hydrogens (tertiary/aromatic N) is 1. The average molecular weight is 426 g/mol. The average Bonchev–Trinajstić information content (AvgIpc) is 3.11. The maximum Gasteiger partial charge on any atom is 0.238 e. The highest BCUT2D eigenvalue weighted by Crippen LogP contribution is 2.35. The molecule has 0 amide bonds. The molecule has 0 spiro atoms. The largest absolute Gasteiger partial charge is 0.440 e. The lowest BCUT2D eigenvalue weighted by atomic mass is 10.1. The Morgan fingerprint density at radius 1 is 0.933 bits per heavy atom. The van der Waals surface area contributed by atoms with E-state index in [1.165, 1.54) is 30.3 Å². The van der Waals surface area contributed by atoms with E-state index in [2.05, 4.69) is 4.98 Å². The van der Waals surface area contributed by atoms with Crippen molar-refractivity contribution in [2.24, 2.45) is 5.14 Å². The number of hydrogen-bond donors (Lipinski definition) is 1. The third kappa shape index (κ3) is 4.14. The van der Waals surface area contributed by atoms with Gasteiger partial charge in [-0.15, -0.1) is 0 Å². The third-order valence-corrected chi connectivity index (χ3v) is 5.43. The fourth-order valence-electron chi connectivity index (χ4n) is 3.07. The molecular formula is C22H16F2N2O3S. The number of benzene rings is 3. The smallest absolute Gasteiger partial charge is 0.238 e. The topological polar surface area (TPSA) is 86.2 Å². The first-order valence-corrected chi connectivity index (χ1v) is 10.5. The molecule has 0 saturated heterocycles. The van der Waals surface area contributed by atoms with Crippen LogP contribution in [0.5, 0.6) is 0 Å². The van der Waals surface area contributed by atoms with Gasteiger partial charge in [-0.1, -0.05) is 30.3 Å². The highest BCUT2D eigenvalue weighted by atomic mass is 32.2. The van der Waals surface area contributed by atoms with Crippen molar-refractivity contribution in [2.75, 3.05) is 0 Å². The lowest BCUT2D eigenvalue weighted by Gasteiger charge is -2.04. The molecule has 0 unspecified atom stereocenters. The second-order valence-corrected chi connectivity index (χ2v) is 8.20. The van der Waals surface area contributed by atoms with Crippen LogP contribution in [0.3, 0.4) is 0 Å². The van der Waals surface area contributed by atoms with Crippen LogP contribution in [0, 0.1) is 11.6 Å². The van der Waals surface area contributed by atoms with Crippen molar-refractivity contribution in [1.82, 2.24) is 4.98 Å². The predicted molar refractivity (Wildman–Crippen MR) is 108 cm³/mol. The molecule has 5 nitrogen and oxygen atoms in total. The minimum absolute atomic E-state index is 0.0650. The van der Waals surface area contributed by atoms with Gasteiger partial charge in [0.05, 0.1) is 4.90 Å². The highest BCUT2D eigenvalue weighted by molar-refractivity contribution is 7.89. The Morgan fingerprint density at radius 3 is 2.27 bits per heavy atom. The van der Waals surface area contributed by atoms with E-state index in [9.17, 15) is 17.2 Å². The zero-order chi connectivity index (χ0) is 21.3. The van der Waals surface area contributed by atoms with Crippen LogP contribution in [0.1, 0.15) is 11.5 Å². The fourth-order valence-corrected chi connectivity index (χ4v) is 3.58. The van der Waals surface area contributed by atoms with Gasteiger partial charge in [0.15, 0.2) is 11.7 Å². The van der Waals surface area contributed by atoms with Gasteiger partial charge in [0.2, 0.25) is 10.0 Å². The molecule has 8 heteroatoms. The molecule has 0 radical (unpaired) electrons. The Labute approximate surface area is 171 Å². The molecule has 4 rings (SSSR count). The van der Waals surface area contributed by atoms with Crippen molar-refractivity contribution in [2.45, 2.75) is 11.3 Å². The molecule has 4 aromatic rings. The summed E-state index contributed by atoms with van der Waals surface area (Å²) in [6.07, 6.45) is 0.367. The van der Waals surface area contributed by atoms with Crippen LogP contribution in [-0.4, -0.2) is 13.4 Å². The van der Waals surface area contributed by atoms with Gasteiger partial charge in [-0.25, -0.2) is 27.3 Å². The summed E-state index contributed by atoms with van der Waals surface area (Å²) in [5.41, 5.74) is 1.70. The number of hydrogen-bond acceptors (Lipinski definition) is 4. The zero-order valence-corrected chi connectivity index (χ0v) is 16.4. The molecule has 0 aliphatic rings. The van der Waals surface area contributed by atoms with Crippen molar-refractivity contribution in [3.05, 3.63) is 95.9 Å². The Kier molecular flexibility index (Phi) is 5.19. The van der Waals surface area contributed by atoms with E-state index in [0.717, 1.165) is 17.7 Å². The highest BCUT2D eigenvalue weighted by Gasteiger charge is 2.21. The molecule has 152 valence electrons. The monoisotopic (exact) mass is 426 g/mol. The first-order valence-electron chi connectivity index (χ1n) is 8.93. The van der Waals surface area contributed by atoms with E-state index in [1.54, 1.807) is 0 Å². The number of sulfonamides is 1. The van der Waals surface area contributed by atoms with E-state index < -0.39 is 21.7 Å². The molecule has 0 atom stereocenters. The number of aromatic nitrogens is 1. The summed E-state index contributed by atoms with van der Waals surface area (Å²) in [5, 5.41) is 5.14. The summed E-state index contributed by atoms with van der Waals surface area (Å²) in [6, 6.07) is 18.3. The van der Waals surface area contributed by atoms with E-state index in [-0.39, 0.29) is 21.9 Å². The van der Waals surface area contributed by atoms with Crippen molar-refractivity contribution in [1.29, 1.82) is 0 Å². The quantitative estimate of drug-likeness (QED) is 0.508. The molecule has 0 fully saturated rings. The van der Waals surface area contributed by atoms with Crippen LogP contribution >= 0.6 is 0 Å². The summed E-state index contributed by atoms with van der Waals surface area (Å²) in [7, 11) is -3.86. The minimum atomic E-state index is -3.86. The van der Waals surface area contributed by atoms with Crippen LogP contribution in [0.15, 0.2) is 82.1 Å². The van der Waals surface area contributed by atoms with E-state index in [4.69, 9.17) is 9.56 Å². The Bertz CT molecular complexity index is 1300. The van der Waals surface area contributed by atoms with Gasteiger partial charge in [0.25, 0.3) is 0 Å². The lowest BCUT2D eigenvalue weighted by Crippen LogP contribution is -2.11. The SMILES string of the molecule is NS(=O)(=O)c1ccc(-c2oc(Cc3ccccc3)nc2-c2ccc(F)cc2F)cc1. The van der Waals surface area contributed by atoms with Crippen molar-refractivity contribution < 1.29 is 21.6 Å². The van der Waals surface area contributed by atoms with Gasteiger partial charge in [0, 0.05) is 23.6 Å². The standard InChI is InChI=1S/C22H16F2N2O3S/c23-16-8-11-18(19(24)13-16)21-22(15-6-9-17(10-7-15)30(25,27)28)29-20(26-21)12-14-4-2-1-3-5-14/h1-11,13H,12H2,(H2,25,27,28). The van der Waals surface area contributed by atoms with E-state index in [1.807, 2.05) is 30.3 Å². The number of oxazole rings is 1. The lowest BCUT2D eigenvalue weighted by molar-refractivity contribution is 0.519. The third-order valence-electron chi connectivity index (χ3n) is 4.50. The molecule has 0 aliphatic heterocycles. The summed E-state index contributed by atoms with van der Waals surface area (Å²) in [5.74, 6) is -0.905. The number of rotatable bonds is 5. The maximum absolute atomic E-state index is 14.5. The summed E-state index contributed by atoms with van der Waals surface area (Å²) in [4.78, 5) is 4.38. The molecule has 1 aromatic heterocycles. The summed E-state index contributed by atoms with van der Waals surface area (Å²) < 4.78 is 56.8. The molecule has 0 aliphatic carbocycles. The second kappa shape index (κ2) is 7.81. The first kappa shape index (κ1) is 19.9. The van der Waals surface area contributed by atoms with Crippen molar-refractivity contribution in [3.8, 4) is 22.6 Å². The normalized spacial score (nSPS) is 11.6. The fraction of sp³-hybridized carbons (Fsp3) is 0.0455. The Morgan fingerprint density at radius 2 is 1.63 bits per heavy atom. The summed E-state index contributed by atoms with van der Waals surface area (Å²) in [6.45, 7) is 0. The molecule has 0 bridgehead atoms. The molecule has 2 N–H and O–H groups in total. The van der Waals surface area contributed by atoms with Gasteiger partial charge in [-0.05, 0) is 42.0 Å². The van der Waals surface area contributed by atoms with Crippen LogP contribution < -0.4 is 5.14 Å². The Balaban J connectivity index is 1.83. The maximum atomic E-state index is 14.5. The zero-order valence-electron chi connectivity index (χ0n) is 15.5. The summed E-state index contributed by atoms with van der Waals surface area (Å²) >= 11 is 0. The second-order valence-electron chi connectivity index (χ2n) is 6.64. The van der Waals surface area contributed by atoms with Crippen LogP contribution in [0.4, 0.5) is 8.78 Å². The number of halogens is 2.